The summed E-state index contributed by atoms with van der Waals surface area (Å²) in [6, 6.07) is 10.5. The summed E-state index contributed by atoms with van der Waals surface area (Å²) in [4.78, 5) is 4.35. The van der Waals surface area contributed by atoms with Crippen molar-refractivity contribution in [3.05, 3.63) is 50.9 Å². The molecule has 0 fully saturated rings. The quantitative estimate of drug-likeness (QED) is 0.627. The molecule has 0 spiro atoms. The van der Waals surface area contributed by atoms with Gasteiger partial charge in [0.25, 0.3) is 5.89 Å². The summed E-state index contributed by atoms with van der Waals surface area (Å²) in [6.45, 7) is 0. The lowest BCUT2D eigenvalue weighted by atomic mass is 10.2. The Kier molecular flexibility index (Phi) is 3.89. The number of nitrogen functional groups attached to an aromatic ring is 1. The Balaban J connectivity index is 2.01. The molecule has 0 aliphatic heterocycles. The Morgan fingerprint density at radius 2 is 1.86 bits per heavy atom. The molecule has 0 amide bonds. The summed E-state index contributed by atoms with van der Waals surface area (Å²) >= 11 is 15.5. The van der Waals surface area contributed by atoms with Gasteiger partial charge in [0.05, 0.1) is 15.6 Å². The summed E-state index contributed by atoms with van der Waals surface area (Å²) in [5.74, 6) is 0.788. The van der Waals surface area contributed by atoms with Crippen LogP contribution in [0.5, 0.6) is 0 Å². The molecule has 0 radical (unpaired) electrons. The predicted octanol–water partition coefficient (Wildman–Crippen LogP) is 5.06. The molecule has 0 atom stereocenters. The fourth-order valence-corrected chi connectivity index (χ4v) is 2.56. The van der Waals surface area contributed by atoms with Crippen LogP contribution in [0.2, 0.25) is 10.0 Å². The summed E-state index contributed by atoms with van der Waals surface area (Å²) in [5.41, 5.74) is 7.66. The van der Waals surface area contributed by atoms with E-state index in [0.717, 1.165) is 10.0 Å². The van der Waals surface area contributed by atoms with Crippen LogP contribution in [0.3, 0.4) is 0 Å². The molecule has 4 nitrogen and oxygen atoms in total. The van der Waals surface area contributed by atoms with Crippen LogP contribution in [0.1, 0.15) is 0 Å². The number of nitrogens with zero attached hydrogens (tertiary/aromatic N) is 2. The van der Waals surface area contributed by atoms with E-state index in [4.69, 9.17) is 33.5 Å². The topological polar surface area (TPSA) is 64.9 Å². The number of halogens is 3. The molecule has 21 heavy (non-hydrogen) atoms. The highest BCUT2D eigenvalue weighted by Crippen LogP contribution is 2.31. The number of hydrogen-bond donors (Lipinski definition) is 1. The maximum atomic E-state index is 6.13. The van der Waals surface area contributed by atoms with E-state index in [9.17, 15) is 0 Å². The van der Waals surface area contributed by atoms with E-state index in [0.29, 0.717) is 33.0 Å². The van der Waals surface area contributed by atoms with Crippen LogP contribution in [0.25, 0.3) is 22.8 Å². The number of aromatic nitrogens is 2. The number of hydrogen-bond acceptors (Lipinski definition) is 4. The van der Waals surface area contributed by atoms with E-state index in [2.05, 4.69) is 26.1 Å². The van der Waals surface area contributed by atoms with Crippen LogP contribution in [-0.4, -0.2) is 10.1 Å². The largest absolute Gasteiger partial charge is 0.399 e. The summed E-state index contributed by atoms with van der Waals surface area (Å²) < 4.78 is 6.02. The zero-order valence-electron chi connectivity index (χ0n) is 10.5. The summed E-state index contributed by atoms with van der Waals surface area (Å²) in [6.07, 6.45) is 0. The standard InChI is InChI=1S/C14H8BrCl2N3O/c15-10-5-7(1-4-11(10)16)13-19-14(21-20-13)9-3-2-8(18)6-12(9)17/h1-6H,18H2. The molecule has 1 heterocycles. The normalized spacial score (nSPS) is 10.8. The summed E-state index contributed by atoms with van der Waals surface area (Å²) in [5, 5.41) is 5.03. The molecule has 0 unspecified atom stereocenters. The van der Waals surface area contributed by atoms with E-state index in [1.165, 1.54) is 0 Å². The summed E-state index contributed by atoms with van der Waals surface area (Å²) in [7, 11) is 0. The third-order valence-electron chi connectivity index (χ3n) is 2.83. The highest BCUT2D eigenvalue weighted by molar-refractivity contribution is 9.10. The Bertz CT molecular complexity index is 820. The van der Waals surface area contributed by atoms with Crippen LogP contribution in [0.15, 0.2) is 45.4 Å². The minimum absolute atomic E-state index is 0.334. The van der Waals surface area contributed by atoms with Crippen molar-refractivity contribution in [3.63, 3.8) is 0 Å². The smallest absolute Gasteiger partial charge is 0.259 e. The first-order valence-corrected chi connectivity index (χ1v) is 7.44. The first-order valence-electron chi connectivity index (χ1n) is 5.89. The molecule has 2 aromatic carbocycles. The number of benzene rings is 2. The third-order valence-corrected chi connectivity index (χ3v) is 4.35. The van der Waals surface area contributed by atoms with E-state index < -0.39 is 0 Å². The van der Waals surface area contributed by atoms with Gasteiger partial charge in [0, 0.05) is 15.7 Å². The second-order valence-electron chi connectivity index (χ2n) is 4.29. The molecule has 0 saturated carbocycles. The van der Waals surface area contributed by atoms with Gasteiger partial charge in [-0.05, 0) is 52.3 Å². The maximum absolute atomic E-state index is 6.13. The van der Waals surface area contributed by atoms with Crippen molar-refractivity contribution in [2.24, 2.45) is 0 Å². The van der Waals surface area contributed by atoms with Crippen LogP contribution < -0.4 is 5.73 Å². The van der Waals surface area contributed by atoms with E-state index in [-0.39, 0.29) is 0 Å². The fraction of sp³-hybridized carbons (Fsp3) is 0. The Morgan fingerprint density at radius 3 is 2.57 bits per heavy atom. The van der Waals surface area contributed by atoms with E-state index >= 15 is 0 Å². The Morgan fingerprint density at radius 1 is 1.05 bits per heavy atom. The highest BCUT2D eigenvalue weighted by Gasteiger charge is 2.14. The minimum atomic E-state index is 0.334. The Hall–Kier alpha value is -1.56. The van der Waals surface area contributed by atoms with Crippen LogP contribution in [0, 0.1) is 0 Å². The average Bonchev–Trinajstić information content (AvgIpc) is 2.91. The van der Waals surface area contributed by atoms with E-state index in [1.54, 1.807) is 24.3 Å². The van der Waals surface area contributed by atoms with Gasteiger partial charge in [0.15, 0.2) is 0 Å². The van der Waals surface area contributed by atoms with Gasteiger partial charge in [0.2, 0.25) is 5.82 Å². The van der Waals surface area contributed by atoms with Crippen molar-refractivity contribution in [1.82, 2.24) is 10.1 Å². The maximum Gasteiger partial charge on any atom is 0.259 e. The first-order chi connectivity index (χ1) is 10.0. The number of nitrogens with two attached hydrogens (primary N) is 1. The molecule has 106 valence electrons. The minimum Gasteiger partial charge on any atom is -0.399 e. The van der Waals surface area contributed by atoms with Crippen molar-refractivity contribution in [3.8, 4) is 22.8 Å². The van der Waals surface area contributed by atoms with Gasteiger partial charge >= 0.3 is 0 Å². The lowest BCUT2D eigenvalue weighted by Gasteiger charge is -1.99. The van der Waals surface area contributed by atoms with Crippen LogP contribution in [-0.2, 0) is 0 Å². The lowest BCUT2D eigenvalue weighted by molar-refractivity contribution is 0.432. The SMILES string of the molecule is Nc1ccc(-c2nc(-c3ccc(Cl)c(Br)c3)no2)c(Cl)c1. The van der Waals surface area contributed by atoms with Gasteiger partial charge in [-0.2, -0.15) is 4.98 Å². The molecular weight excluding hydrogens is 377 g/mol. The molecule has 0 saturated heterocycles. The second-order valence-corrected chi connectivity index (χ2v) is 5.96. The predicted molar refractivity (Wildman–Crippen MR) is 87.3 cm³/mol. The van der Waals surface area contributed by atoms with Crippen molar-refractivity contribution in [2.45, 2.75) is 0 Å². The molecule has 0 aliphatic rings. The zero-order chi connectivity index (χ0) is 15.0. The monoisotopic (exact) mass is 383 g/mol. The Labute approximate surface area is 139 Å². The third kappa shape index (κ3) is 2.90. The lowest BCUT2D eigenvalue weighted by Crippen LogP contribution is -1.86. The van der Waals surface area contributed by atoms with Gasteiger partial charge < -0.3 is 10.3 Å². The second kappa shape index (κ2) is 5.67. The highest BCUT2D eigenvalue weighted by atomic mass is 79.9. The van der Waals surface area contributed by atoms with Crippen molar-refractivity contribution in [1.29, 1.82) is 0 Å². The van der Waals surface area contributed by atoms with E-state index in [1.807, 2.05) is 12.1 Å². The first kappa shape index (κ1) is 14.4. The van der Waals surface area contributed by atoms with Crippen LogP contribution >= 0.6 is 39.1 Å². The van der Waals surface area contributed by atoms with Crippen molar-refractivity contribution in [2.75, 3.05) is 5.73 Å². The number of anilines is 1. The van der Waals surface area contributed by atoms with Gasteiger partial charge in [0.1, 0.15) is 0 Å². The van der Waals surface area contributed by atoms with Gasteiger partial charge in [-0.1, -0.05) is 28.4 Å². The molecular formula is C14H8BrCl2N3O. The van der Waals surface area contributed by atoms with Gasteiger partial charge in [-0.25, -0.2) is 0 Å². The van der Waals surface area contributed by atoms with Gasteiger partial charge in [-0.15, -0.1) is 0 Å². The van der Waals surface area contributed by atoms with Crippen LogP contribution in [0.4, 0.5) is 5.69 Å². The molecule has 7 heteroatoms. The number of rotatable bonds is 2. The van der Waals surface area contributed by atoms with Crippen molar-refractivity contribution < 1.29 is 4.52 Å². The molecule has 1 aromatic heterocycles. The molecule has 2 N–H and O–H groups in total. The molecule has 3 rings (SSSR count). The fourth-order valence-electron chi connectivity index (χ4n) is 1.79. The van der Waals surface area contributed by atoms with Gasteiger partial charge in [-0.3, -0.25) is 0 Å². The zero-order valence-corrected chi connectivity index (χ0v) is 13.6. The molecule has 3 aromatic rings. The molecule has 0 aliphatic carbocycles. The van der Waals surface area contributed by atoms with Crippen molar-refractivity contribution >= 4 is 44.8 Å². The molecule has 0 bridgehead atoms. The average molecular weight is 385 g/mol.